The van der Waals surface area contributed by atoms with E-state index in [1.54, 1.807) is 17.7 Å². The number of aryl methyl sites for hydroxylation is 2. The van der Waals surface area contributed by atoms with Crippen molar-refractivity contribution in [3.63, 3.8) is 0 Å². The molecule has 0 saturated heterocycles. The molecule has 2 N–H and O–H groups in total. The van der Waals surface area contributed by atoms with Crippen LogP contribution in [0.5, 0.6) is 5.88 Å². The number of hydrogen-bond acceptors (Lipinski definition) is 6. The number of benzene rings is 1. The SMILES string of the molecule is CCn1c(N=Nc2c(O)[nH]c3ccc(Br)cc23)nc2c1c(=O)n(C)c(=O)n2C. The van der Waals surface area contributed by atoms with Crippen molar-refractivity contribution in [1.29, 1.82) is 0 Å². The predicted octanol–water partition coefficient (Wildman–Crippen LogP) is 2.82. The molecular weight excluding hydrogens is 430 g/mol. The van der Waals surface area contributed by atoms with Crippen molar-refractivity contribution >= 4 is 49.6 Å². The van der Waals surface area contributed by atoms with Crippen molar-refractivity contribution in [1.82, 2.24) is 23.7 Å². The highest BCUT2D eigenvalue weighted by Crippen LogP contribution is 2.37. The summed E-state index contributed by atoms with van der Waals surface area (Å²) in [5, 5.41) is 19.2. The second-order valence-electron chi connectivity index (χ2n) is 6.25. The van der Waals surface area contributed by atoms with E-state index in [1.807, 2.05) is 19.1 Å². The number of azo groups is 1. The molecule has 0 amide bonds. The summed E-state index contributed by atoms with van der Waals surface area (Å²) in [4.78, 5) is 31.9. The first-order valence-corrected chi connectivity index (χ1v) is 9.21. The second kappa shape index (κ2) is 6.44. The largest absolute Gasteiger partial charge is 0.493 e. The van der Waals surface area contributed by atoms with E-state index in [9.17, 15) is 14.7 Å². The molecule has 1 aromatic carbocycles. The second-order valence-corrected chi connectivity index (χ2v) is 7.16. The normalized spacial score (nSPS) is 12.0. The number of halogens is 1. The first-order valence-electron chi connectivity index (χ1n) is 8.41. The Balaban J connectivity index is 1.94. The number of imidazole rings is 1. The van der Waals surface area contributed by atoms with Gasteiger partial charge in [-0.25, -0.2) is 4.79 Å². The van der Waals surface area contributed by atoms with Crippen molar-refractivity contribution in [2.45, 2.75) is 13.5 Å². The van der Waals surface area contributed by atoms with E-state index >= 15 is 0 Å². The fraction of sp³-hybridized carbons (Fsp3) is 0.235. The molecule has 3 heterocycles. The molecule has 0 radical (unpaired) electrons. The van der Waals surface area contributed by atoms with Gasteiger partial charge in [-0.3, -0.25) is 13.9 Å². The van der Waals surface area contributed by atoms with Gasteiger partial charge >= 0.3 is 5.69 Å². The highest BCUT2D eigenvalue weighted by Gasteiger charge is 2.18. The average molecular weight is 446 g/mol. The van der Waals surface area contributed by atoms with Crippen LogP contribution in [0.15, 0.2) is 42.5 Å². The minimum absolute atomic E-state index is 0.126. The van der Waals surface area contributed by atoms with Gasteiger partial charge in [-0.2, -0.15) is 4.98 Å². The Morgan fingerprint density at radius 2 is 1.96 bits per heavy atom. The van der Waals surface area contributed by atoms with Gasteiger partial charge < -0.3 is 14.7 Å². The Morgan fingerprint density at radius 3 is 2.68 bits per heavy atom. The molecule has 28 heavy (non-hydrogen) atoms. The van der Waals surface area contributed by atoms with Gasteiger partial charge in [-0.1, -0.05) is 15.9 Å². The minimum atomic E-state index is -0.471. The Bertz CT molecular complexity index is 1390. The van der Waals surface area contributed by atoms with Gasteiger partial charge in [0.15, 0.2) is 16.9 Å². The van der Waals surface area contributed by atoms with E-state index in [1.165, 1.54) is 11.6 Å². The van der Waals surface area contributed by atoms with E-state index in [0.717, 1.165) is 9.04 Å². The predicted molar refractivity (Wildman–Crippen MR) is 108 cm³/mol. The molecule has 0 spiro atoms. The molecule has 0 aliphatic heterocycles. The van der Waals surface area contributed by atoms with Crippen LogP contribution in [0.3, 0.4) is 0 Å². The summed E-state index contributed by atoms with van der Waals surface area (Å²) in [6.45, 7) is 2.24. The van der Waals surface area contributed by atoms with Gasteiger partial charge in [-0.15, -0.1) is 10.2 Å². The third-order valence-corrected chi connectivity index (χ3v) is 5.09. The first-order chi connectivity index (χ1) is 13.3. The number of nitrogens with one attached hydrogen (secondary N) is 1. The first kappa shape index (κ1) is 18.2. The van der Waals surface area contributed by atoms with Crippen molar-refractivity contribution in [2.24, 2.45) is 24.3 Å². The lowest BCUT2D eigenvalue weighted by Crippen LogP contribution is -2.37. The summed E-state index contributed by atoms with van der Waals surface area (Å²) >= 11 is 3.39. The molecule has 0 aliphatic rings. The molecule has 0 bridgehead atoms. The van der Waals surface area contributed by atoms with Crippen LogP contribution in [-0.4, -0.2) is 28.8 Å². The van der Waals surface area contributed by atoms with E-state index in [0.29, 0.717) is 17.4 Å². The minimum Gasteiger partial charge on any atom is -0.493 e. The third kappa shape index (κ3) is 2.58. The summed E-state index contributed by atoms with van der Waals surface area (Å²) in [6.07, 6.45) is 0. The molecule has 0 aliphatic carbocycles. The Morgan fingerprint density at radius 1 is 1.21 bits per heavy atom. The van der Waals surface area contributed by atoms with Crippen LogP contribution in [0, 0.1) is 0 Å². The van der Waals surface area contributed by atoms with Gasteiger partial charge in [-0.05, 0) is 25.1 Å². The highest BCUT2D eigenvalue weighted by molar-refractivity contribution is 9.10. The van der Waals surface area contributed by atoms with Crippen molar-refractivity contribution in [3.05, 3.63) is 43.5 Å². The van der Waals surface area contributed by atoms with Gasteiger partial charge in [0.25, 0.3) is 11.5 Å². The standard InChI is InChI=1S/C17H16BrN7O3/c1-4-25-12-13(23(2)17(28)24(3)15(12)27)20-16(25)22-21-11-9-7-8(18)5-6-10(9)19-14(11)26/h5-7,19,26H,4H2,1-3H3. The molecule has 3 aromatic heterocycles. The lowest BCUT2D eigenvalue weighted by molar-refractivity contribution is 0.459. The van der Waals surface area contributed by atoms with E-state index in [-0.39, 0.29) is 28.7 Å². The lowest BCUT2D eigenvalue weighted by Gasteiger charge is -2.04. The fourth-order valence-corrected chi connectivity index (χ4v) is 3.50. The maximum Gasteiger partial charge on any atom is 0.332 e. The van der Waals surface area contributed by atoms with Gasteiger partial charge in [0, 0.05) is 30.5 Å². The summed E-state index contributed by atoms with van der Waals surface area (Å²) < 4.78 is 4.74. The number of aromatic amines is 1. The van der Waals surface area contributed by atoms with Crippen LogP contribution >= 0.6 is 15.9 Å². The molecule has 10 nitrogen and oxygen atoms in total. The van der Waals surface area contributed by atoms with Crippen LogP contribution < -0.4 is 11.2 Å². The van der Waals surface area contributed by atoms with Crippen molar-refractivity contribution in [3.8, 4) is 5.88 Å². The van der Waals surface area contributed by atoms with Gasteiger partial charge in [0.05, 0.1) is 5.52 Å². The molecule has 0 fully saturated rings. The molecule has 0 saturated carbocycles. The maximum absolute atomic E-state index is 12.6. The van der Waals surface area contributed by atoms with E-state index in [4.69, 9.17) is 0 Å². The zero-order valence-corrected chi connectivity index (χ0v) is 16.9. The number of aromatic hydroxyl groups is 1. The molecule has 11 heteroatoms. The number of nitrogens with zero attached hydrogens (tertiary/aromatic N) is 6. The van der Waals surface area contributed by atoms with Gasteiger partial charge in [0.2, 0.25) is 5.88 Å². The van der Waals surface area contributed by atoms with Crippen LogP contribution in [-0.2, 0) is 20.6 Å². The Hall–Kier alpha value is -3.21. The summed E-state index contributed by atoms with van der Waals surface area (Å²) in [7, 11) is 2.96. The monoisotopic (exact) mass is 445 g/mol. The molecule has 144 valence electrons. The van der Waals surface area contributed by atoms with Gasteiger partial charge in [0.1, 0.15) is 0 Å². The number of hydrogen-bond donors (Lipinski definition) is 2. The molecule has 0 atom stereocenters. The zero-order chi connectivity index (χ0) is 20.2. The number of fused-ring (bicyclic) bond motifs is 2. The van der Waals surface area contributed by atoms with Crippen molar-refractivity contribution in [2.75, 3.05) is 0 Å². The topological polar surface area (TPSA) is 123 Å². The molecular formula is C17H16BrN7O3. The van der Waals surface area contributed by atoms with Crippen LogP contribution in [0.2, 0.25) is 0 Å². The number of H-pyrrole nitrogens is 1. The Labute approximate surface area is 165 Å². The lowest BCUT2D eigenvalue weighted by atomic mass is 10.2. The Kier molecular flexibility index (Phi) is 4.18. The van der Waals surface area contributed by atoms with Crippen molar-refractivity contribution < 1.29 is 5.11 Å². The molecule has 0 unspecified atom stereocenters. The van der Waals surface area contributed by atoms with Crippen LogP contribution in [0.4, 0.5) is 11.6 Å². The van der Waals surface area contributed by atoms with Crippen LogP contribution in [0.1, 0.15) is 6.92 Å². The molecule has 4 rings (SSSR count). The molecule has 4 aromatic rings. The quantitative estimate of drug-likeness (QED) is 0.470. The zero-order valence-electron chi connectivity index (χ0n) is 15.3. The van der Waals surface area contributed by atoms with Crippen LogP contribution in [0.25, 0.3) is 22.1 Å². The third-order valence-electron chi connectivity index (χ3n) is 4.60. The smallest absolute Gasteiger partial charge is 0.332 e. The maximum atomic E-state index is 12.6. The number of rotatable bonds is 3. The number of aromatic nitrogens is 5. The fourth-order valence-electron chi connectivity index (χ4n) is 3.14. The summed E-state index contributed by atoms with van der Waals surface area (Å²) in [5.41, 5.74) is 0.540. The average Bonchev–Trinajstić information content (AvgIpc) is 3.19. The van der Waals surface area contributed by atoms with E-state index in [2.05, 4.69) is 36.1 Å². The summed E-state index contributed by atoms with van der Waals surface area (Å²) in [5.74, 6) is 0.0406. The summed E-state index contributed by atoms with van der Waals surface area (Å²) in [6, 6.07) is 5.45. The van der Waals surface area contributed by atoms with E-state index < -0.39 is 11.2 Å². The highest BCUT2D eigenvalue weighted by atomic mass is 79.9.